The van der Waals surface area contributed by atoms with Crippen molar-refractivity contribution in [2.75, 3.05) is 11.4 Å². The molecule has 1 amide bonds. The first-order valence-corrected chi connectivity index (χ1v) is 7.73. The molecule has 0 N–H and O–H groups in total. The van der Waals surface area contributed by atoms with Gasteiger partial charge in [0, 0.05) is 23.2 Å². The van der Waals surface area contributed by atoms with Gasteiger partial charge in [-0.2, -0.15) is 0 Å². The van der Waals surface area contributed by atoms with Crippen LogP contribution in [-0.4, -0.2) is 22.8 Å². The van der Waals surface area contributed by atoms with E-state index in [1.165, 1.54) is 16.2 Å². The molecule has 3 heterocycles. The van der Waals surface area contributed by atoms with Crippen LogP contribution in [0.25, 0.3) is 10.6 Å². The number of carbonyl (C=O) groups excluding carboxylic acids is 1. The lowest BCUT2D eigenvalue weighted by Crippen LogP contribution is -2.24. The summed E-state index contributed by atoms with van der Waals surface area (Å²) in [5.41, 5.74) is 0.943. The Morgan fingerprint density at radius 1 is 1.50 bits per heavy atom. The monoisotopic (exact) mass is 298 g/mol. The average Bonchev–Trinajstić information content (AvgIpc) is 2.98. The summed E-state index contributed by atoms with van der Waals surface area (Å²) >= 11 is 9.21. The predicted octanol–water partition coefficient (Wildman–Crippen LogP) is 3.52. The minimum Gasteiger partial charge on any atom is -0.287 e. The van der Waals surface area contributed by atoms with Crippen molar-refractivity contribution < 1.29 is 4.79 Å². The normalized spacial score (nSPS) is 19.8. The molecule has 0 aromatic carbocycles. The number of halogens is 1. The fourth-order valence-electron chi connectivity index (χ4n) is 1.92. The second-order valence-corrected chi connectivity index (χ2v) is 6.97. The van der Waals surface area contributed by atoms with Crippen molar-refractivity contribution in [2.24, 2.45) is 0 Å². The van der Waals surface area contributed by atoms with Crippen LogP contribution in [0.1, 0.15) is 11.3 Å². The van der Waals surface area contributed by atoms with E-state index in [1.54, 1.807) is 16.2 Å². The summed E-state index contributed by atoms with van der Waals surface area (Å²) in [6, 6.07) is 4.14. The molecule has 0 saturated carbocycles. The number of rotatable bonds is 2. The van der Waals surface area contributed by atoms with Crippen LogP contribution < -0.4 is 4.90 Å². The highest BCUT2D eigenvalue weighted by atomic mass is 35.5. The lowest BCUT2D eigenvalue weighted by Gasteiger charge is -2.10. The Kier molecular flexibility index (Phi) is 3.13. The largest absolute Gasteiger partial charge is 0.287 e. The summed E-state index contributed by atoms with van der Waals surface area (Å²) in [5, 5.41) is 2.66. The van der Waals surface area contributed by atoms with Crippen molar-refractivity contribution in [3.05, 3.63) is 22.4 Å². The summed E-state index contributed by atoms with van der Waals surface area (Å²) in [6.45, 7) is 2.64. The quantitative estimate of drug-likeness (QED) is 0.795. The van der Waals surface area contributed by atoms with Gasteiger partial charge in [-0.05, 0) is 19.1 Å². The number of anilines is 1. The Bertz CT molecular complexity index is 592. The maximum Gasteiger partial charge on any atom is 0.230 e. The summed E-state index contributed by atoms with van der Waals surface area (Å²) in [7, 11) is 0. The summed E-state index contributed by atoms with van der Waals surface area (Å²) in [4.78, 5) is 20.4. The first-order chi connectivity index (χ1) is 8.63. The van der Waals surface area contributed by atoms with Crippen LogP contribution in [0.5, 0.6) is 0 Å². The van der Waals surface area contributed by atoms with E-state index >= 15 is 0 Å². The zero-order valence-corrected chi connectivity index (χ0v) is 12.1. The Labute approximate surface area is 118 Å². The average molecular weight is 299 g/mol. The van der Waals surface area contributed by atoms with Crippen LogP contribution in [0.3, 0.4) is 0 Å². The van der Waals surface area contributed by atoms with Crippen molar-refractivity contribution in [1.82, 2.24) is 4.98 Å². The molecule has 1 saturated heterocycles. The standard InChI is InChI=1S/C12H11ClN2OS2/c1-7-2-3-10(18-7)9-6-17-12(14-9)15-5-8(13)4-11(15)16/h2-3,6,8H,4-5H2,1H3. The zero-order chi connectivity index (χ0) is 12.7. The molecule has 94 valence electrons. The van der Waals surface area contributed by atoms with E-state index in [0.717, 1.165) is 15.7 Å². The molecule has 0 radical (unpaired) electrons. The van der Waals surface area contributed by atoms with Gasteiger partial charge < -0.3 is 0 Å². The summed E-state index contributed by atoms with van der Waals surface area (Å²) in [5.74, 6) is 0.0678. The topological polar surface area (TPSA) is 33.2 Å². The van der Waals surface area contributed by atoms with Crippen LogP contribution in [0.4, 0.5) is 5.13 Å². The van der Waals surface area contributed by atoms with Gasteiger partial charge in [-0.25, -0.2) is 4.98 Å². The molecule has 0 spiro atoms. The molecule has 2 aromatic heterocycles. The van der Waals surface area contributed by atoms with Crippen LogP contribution in [-0.2, 0) is 4.79 Å². The Hall–Kier alpha value is -0.910. The number of nitrogens with zero attached hydrogens (tertiary/aromatic N) is 2. The molecule has 1 atom stereocenters. The number of carbonyl (C=O) groups is 1. The van der Waals surface area contributed by atoms with Gasteiger partial charge in [0.25, 0.3) is 0 Å². The predicted molar refractivity (Wildman–Crippen MR) is 76.8 cm³/mol. The molecule has 1 unspecified atom stereocenters. The second-order valence-electron chi connectivity index (χ2n) is 4.23. The smallest absolute Gasteiger partial charge is 0.230 e. The first-order valence-electron chi connectivity index (χ1n) is 5.60. The van der Waals surface area contributed by atoms with E-state index in [9.17, 15) is 4.79 Å². The van der Waals surface area contributed by atoms with E-state index in [2.05, 4.69) is 24.0 Å². The number of amides is 1. The number of hydrogen-bond donors (Lipinski definition) is 0. The van der Waals surface area contributed by atoms with Crippen LogP contribution in [0.2, 0.25) is 0 Å². The summed E-state index contributed by atoms with van der Waals surface area (Å²) < 4.78 is 0. The van der Waals surface area contributed by atoms with Gasteiger partial charge in [-0.3, -0.25) is 9.69 Å². The van der Waals surface area contributed by atoms with Gasteiger partial charge in [0.05, 0.1) is 15.9 Å². The first kappa shape index (κ1) is 12.1. The number of alkyl halides is 1. The minimum atomic E-state index is -0.0890. The fourth-order valence-corrected chi connectivity index (χ4v) is 3.95. The zero-order valence-electron chi connectivity index (χ0n) is 9.72. The number of thiophene rings is 1. The highest BCUT2D eigenvalue weighted by Crippen LogP contribution is 2.33. The number of aromatic nitrogens is 1. The van der Waals surface area contributed by atoms with Gasteiger partial charge in [0.1, 0.15) is 0 Å². The number of aryl methyl sites for hydroxylation is 1. The maximum atomic E-state index is 11.7. The minimum absolute atomic E-state index is 0.0678. The van der Waals surface area contributed by atoms with Crippen molar-refractivity contribution in [1.29, 1.82) is 0 Å². The van der Waals surface area contributed by atoms with E-state index in [1.807, 2.05) is 5.38 Å². The van der Waals surface area contributed by atoms with E-state index in [-0.39, 0.29) is 11.3 Å². The third-order valence-electron chi connectivity index (χ3n) is 2.79. The third kappa shape index (κ3) is 2.18. The fraction of sp³-hybridized carbons (Fsp3) is 0.333. The summed E-state index contributed by atoms with van der Waals surface area (Å²) in [6.07, 6.45) is 0.411. The van der Waals surface area contributed by atoms with E-state index < -0.39 is 0 Å². The van der Waals surface area contributed by atoms with Gasteiger partial charge in [0.15, 0.2) is 5.13 Å². The maximum absolute atomic E-state index is 11.7. The van der Waals surface area contributed by atoms with Gasteiger partial charge in [-0.1, -0.05) is 0 Å². The molecule has 0 bridgehead atoms. The van der Waals surface area contributed by atoms with E-state index in [0.29, 0.717) is 13.0 Å². The molecule has 3 rings (SSSR count). The molecule has 18 heavy (non-hydrogen) atoms. The van der Waals surface area contributed by atoms with Gasteiger partial charge >= 0.3 is 0 Å². The molecule has 0 aliphatic carbocycles. The molecular formula is C12H11ClN2OS2. The van der Waals surface area contributed by atoms with Gasteiger partial charge in [-0.15, -0.1) is 34.3 Å². The van der Waals surface area contributed by atoms with E-state index in [4.69, 9.17) is 11.6 Å². The van der Waals surface area contributed by atoms with Gasteiger partial charge in [0.2, 0.25) is 5.91 Å². The number of thiazole rings is 1. The van der Waals surface area contributed by atoms with Crippen LogP contribution in [0.15, 0.2) is 17.5 Å². The lowest BCUT2D eigenvalue weighted by atomic mass is 10.4. The number of hydrogen-bond acceptors (Lipinski definition) is 4. The SMILES string of the molecule is Cc1ccc(-c2csc(N3CC(Cl)CC3=O)n2)s1. The van der Waals surface area contributed by atoms with Crippen molar-refractivity contribution in [3.63, 3.8) is 0 Å². The van der Waals surface area contributed by atoms with Crippen LogP contribution >= 0.6 is 34.3 Å². The van der Waals surface area contributed by atoms with Crippen LogP contribution in [0, 0.1) is 6.92 Å². The molecular weight excluding hydrogens is 288 g/mol. The Balaban J connectivity index is 1.88. The van der Waals surface area contributed by atoms with Crippen molar-refractivity contribution in [2.45, 2.75) is 18.7 Å². The highest BCUT2D eigenvalue weighted by molar-refractivity contribution is 7.17. The highest BCUT2D eigenvalue weighted by Gasteiger charge is 2.31. The second kappa shape index (κ2) is 4.64. The van der Waals surface area contributed by atoms with Crippen molar-refractivity contribution in [3.8, 4) is 10.6 Å². The Morgan fingerprint density at radius 3 is 2.94 bits per heavy atom. The molecule has 3 nitrogen and oxygen atoms in total. The molecule has 6 heteroatoms. The van der Waals surface area contributed by atoms with Crippen molar-refractivity contribution >= 4 is 45.3 Å². The third-order valence-corrected chi connectivity index (χ3v) is 4.97. The molecule has 1 aliphatic heterocycles. The molecule has 1 fully saturated rings. The molecule has 1 aliphatic rings. The molecule has 2 aromatic rings. The Morgan fingerprint density at radius 2 is 2.33 bits per heavy atom. The lowest BCUT2D eigenvalue weighted by molar-refractivity contribution is -0.117.